The highest BCUT2D eigenvalue weighted by molar-refractivity contribution is 5.83. The van der Waals surface area contributed by atoms with E-state index in [0.717, 1.165) is 33.7 Å². The first kappa shape index (κ1) is 14.6. The van der Waals surface area contributed by atoms with Crippen molar-refractivity contribution in [3.8, 4) is 5.75 Å². The van der Waals surface area contributed by atoms with Gasteiger partial charge in [-0.25, -0.2) is 4.98 Å². The number of methoxy groups -OCH3 is 1. The van der Waals surface area contributed by atoms with Crippen molar-refractivity contribution in [3.05, 3.63) is 59.4 Å². The zero-order valence-corrected chi connectivity index (χ0v) is 13.2. The number of benzene rings is 2. The van der Waals surface area contributed by atoms with Crippen LogP contribution >= 0.6 is 0 Å². The van der Waals surface area contributed by atoms with Gasteiger partial charge in [0.1, 0.15) is 23.7 Å². The SMILES string of the molecule is COCc1cc(OCc2ccccc2)c2nc(C)n(C)c2c1. The van der Waals surface area contributed by atoms with Crippen LogP contribution < -0.4 is 4.74 Å². The molecule has 1 heterocycles. The van der Waals surface area contributed by atoms with Crippen LogP contribution in [0.5, 0.6) is 5.75 Å². The van der Waals surface area contributed by atoms with Gasteiger partial charge in [-0.2, -0.15) is 0 Å². The molecule has 0 saturated heterocycles. The van der Waals surface area contributed by atoms with Crippen LogP contribution in [0.1, 0.15) is 17.0 Å². The molecule has 3 aromatic rings. The predicted molar refractivity (Wildman–Crippen MR) is 86.9 cm³/mol. The average Bonchev–Trinajstić information content (AvgIpc) is 2.82. The minimum atomic E-state index is 0.530. The molecule has 4 heteroatoms. The Morgan fingerprint density at radius 3 is 2.55 bits per heavy atom. The molecule has 3 rings (SSSR count). The second-order valence-electron chi connectivity index (χ2n) is 5.39. The molecule has 0 aliphatic carbocycles. The smallest absolute Gasteiger partial charge is 0.148 e. The summed E-state index contributed by atoms with van der Waals surface area (Å²) in [5.41, 5.74) is 4.19. The van der Waals surface area contributed by atoms with Gasteiger partial charge in [-0.15, -0.1) is 0 Å². The minimum Gasteiger partial charge on any atom is -0.487 e. The van der Waals surface area contributed by atoms with Crippen molar-refractivity contribution in [1.82, 2.24) is 9.55 Å². The van der Waals surface area contributed by atoms with E-state index in [1.54, 1.807) is 7.11 Å². The number of hydrogen-bond acceptors (Lipinski definition) is 3. The maximum absolute atomic E-state index is 6.03. The summed E-state index contributed by atoms with van der Waals surface area (Å²) in [4.78, 5) is 4.62. The summed E-state index contributed by atoms with van der Waals surface area (Å²) >= 11 is 0. The Morgan fingerprint density at radius 2 is 1.82 bits per heavy atom. The molecule has 0 atom stereocenters. The summed E-state index contributed by atoms with van der Waals surface area (Å²) in [6.45, 7) is 3.08. The van der Waals surface area contributed by atoms with Crippen LogP contribution in [0, 0.1) is 6.92 Å². The van der Waals surface area contributed by atoms with Gasteiger partial charge in [0.25, 0.3) is 0 Å². The first-order chi connectivity index (χ1) is 10.7. The van der Waals surface area contributed by atoms with Gasteiger partial charge in [-0.05, 0) is 30.2 Å². The van der Waals surface area contributed by atoms with E-state index in [2.05, 4.69) is 27.8 Å². The third-order valence-corrected chi connectivity index (χ3v) is 3.78. The minimum absolute atomic E-state index is 0.530. The number of ether oxygens (including phenoxy) is 2. The highest BCUT2D eigenvalue weighted by Crippen LogP contribution is 2.28. The molecular weight excluding hydrogens is 276 g/mol. The number of aromatic nitrogens is 2. The zero-order valence-electron chi connectivity index (χ0n) is 13.2. The normalized spacial score (nSPS) is 11.0. The van der Waals surface area contributed by atoms with Gasteiger partial charge in [-0.3, -0.25) is 0 Å². The lowest BCUT2D eigenvalue weighted by Gasteiger charge is -2.10. The fraction of sp³-hybridized carbons (Fsp3) is 0.278. The van der Waals surface area contributed by atoms with Crippen molar-refractivity contribution in [2.24, 2.45) is 7.05 Å². The number of nitrogens with zero attached hydrogens (tertiary/aromatic N) is 2. The van der Waals surface area contributed by atoms with E-state index in [9.17, 15) is 0 Å². The third kappa shape index (κ3) is 2.83. The summed E-state index contributed by atoms with van der Waals surface area (Å²) in [6.07, 6.45) is 0. The van der Waals surface area contributed by atoms with E-state index >= 15 is 0 Å². The largest absolute Gasteiger partial charge is 0.487 e. The number of hydrogen-bond donors (Lipinski definition) is 0. The molecule has 0 bridgehead atoms. The van der Waals surface area contributed by atoms with Crippen molar-refractivity contribution < 1.29 is 9.47 Å². The third-order valence-electron chi connectivity index (χ3n) is 3.78. The molecule has 0 aliphatic rings. The van der Waals surface area contributed by atoms with Gasteiger partial charge in [0, 0.05) is 14.2 Å². The number of fused-ring (bicyclic) bond motifs is 1. The van der Waals surface area contributed by atoms with Crippen LogP contribution in [0.2, 0.25) is 0 Å². The summed E-state index contributed by atoms with van der Waals surface area (Å²) in [7, 11) is 3.71. The molecule has 22 heavy (non-hydrogen) atoms. The molecule has 2 aromatic carbocycles. The van der Waals surface area contributed by atoms with Gasteiger partial charge in [0.15, 0.2) is 0 Å². The van der Waals surface area contributed by atoms with Crippen molar-refractivity contribution >= 4 is 11.0 Å². The van der Waals surface area contributed by atoms with E-state index in [0.29, 0.717) is 13.2 Å². The molecule has 114 valence electrons. The monoisotopic (exact) mass is 296 g/mol. The van der Waals surface area contributed by atoms with Crippen LogP contribution in [-0.2, 0) is 25.0 Å². The molecule has 0 fully saturated rings. The van der Waals surface area contributed by atoms with E-state index in [1.165, 1.54) is 0 Å². The van der Waals surface area contributed by atoms with Crippen LogP contribution in [0.3, 0.4) is 0 Å². The second kappa shape index (κ2) is 6.20. The van der Waals surface area contributed by atoms with E-state index in [-0.39, 0.29) is 0 Å². The Labute approximate surface area is 130 Å². The zero-order chi connectivity index (χ0) is 15.5. The number of rotatable bonds is 5. The van der Waals surface area contributed by atoms with Crippen LogP contribution in [0.15, 0.2) is 42.5 Å². The lowest BCUT2D eigenvalue weighted by Crippen LogP contribution is -1.98. The summed E-state index contributed by atoms with van der Waals surface area (Å²) in [5.74, 6) is 1.77. The second-order valence-corrected chi connectivity index (χ2v) is 5.39. The molecule has 0 saturated carbocycles. The van der Waals surface area contributed by atoms with Crippen LogP contribution in [0.4, 0.5) is 0 Å². The summed E-state index contributed by atoms with van der Waals surface area (Å²) in [5, 5.41) is 0. The van der Waals surface area contributed by atoms with Gasteiger partial charge in [0.2, 0.25) is 0 Å². The molecule has 0 aliphatic heterocycles. The van der Waals surface area contributed by atoms with Crippen molar-refractivity contribution in [1.29, 1.82) is 0 Å². The molecular formula is C18H20N2O2. The van der Waals surface area contributed by atoms with Gasteiger partial charge in [0.05, 0.1) is 12.1 Å². The average molecular weight is 296 g/mol. The lowest BCUT2D eigenvalue weighted by molar-refractivity contribution is 0.184. The topological polar surface area (TPSA) is 36.3 Å². The highest BCUT2D eigenvalue weighted by atomic mass is 16.5. The van der Waals surface area contributed by atoms with Crippen LogP contribution in [0.25, 0.3) is 11.0 Å². The Kier molecular flexibility index (Phi) is 4.11. The van der Waals surface area contributed by atoms with E-state index < -0.39 is 0 Å². The van der Waals surface area contributed by atoms with Crippen molar-refractivity contribution in [3.63, 3.8) is 0 Å². The molecule has 0 spiro atoms. The van der Waals surface area contributed by atoms with Gasteiger partial charge in [-0.1, -0.05) is 30.3 Å². The van der Waals surface area contributed by atoms with Gasteiger partial charge >= 0.3 is 0 Å². The Balaban J connectivity index is 1.97. The molecule has 0 N–H and O–H groups in total. The standard InChI is InChI=1S/C18H20N2O2/c1-13-19-18-16(20(13)2)9-15(11-21-3)10-17(18)22-12-14-7-5-4-6-8-14/h4-10H,11-12H2,1-3H3. The highest BCUT2D eigenvalue weighted by Gasteiger charge is 2.12. The van der Waals surface area contributed by atoms with Gasteiger partial charge < -0.3 is 14.0 Å². The number of imidazole rings is 1. The maximum Gasteiger partial charge on any atom is 0.148 e. The van der Waals surface area contributed by atoms with E-state index in [1.807, 2.05) is 38.2 Å². The lowest BCUT2D eigenvalue weighted by atomic mass is 10.2. The predicted octanol–water partition coefficient (Wildman–Crippen LogP) is 3.61. The molecule has 4 nitrogen and oxygen atoms in total. The molecule has 0 radical (unpaired) electrons. The number of aryl methyl sites for hydroxylation is 2. The summed E-state index contributed by atoms with van der Waals surface area (Å²) < 4.78 is 13.4. The Bertz CT molecular complexity index is 779. The quantitative estimate of drug-likeness (QED) is 0.721. The van der Waals surface area contributed by atoms with Crippen molar-refractivity contribution in [2.75, 3.05) is 7.11 Å². The Morgan fingerprint density at radius 1 is 1.05 bits per heavy atom. The van der Waals surface area contributed by atoms with Crippen molar-refractivity contribution in [2.45, 2.75) is 20.1 Å². The van der Waals surface area contributed by atoms with E-state index in [4.69, 9.17) is 9.47 Å². The first-order valence-electron chi connectivity index (χ1n) is 7.30. The first-order valence-corrected chi connectivity index (χ1v) is 7.30. The molecule has 0 unspecified atom stereocenters. The summed E-state index contributed by atoms with van der Waals surface area (Å²) in [6, 6.07) is 14.3. The fourth-order valence-electron chi connectivity index (χ4n) is 2.52. The maximum atomic E-state index is 6.03. The molecule has 1 aromatic heterocycles. The van der Waals surface area contributed by atoms with Crippen LogP contribution in [-0.4, -0.2) is 16.7 Å². The Hall–Kier alpha value is -2.33. The molecule has 0 amide bonds. The fourth-order valence-corrected chi connectivity index (χ4v) is 2.52.